The van der Waals surface area contributed by atoms with Crippen LogP contribution in [0.3, 0.4) is 0 Å². The molecule has 0 bridgehead atoms. The number of aliphatic carboxylic acids is 1. The number of nitrogens with zero attached hydrogens (tertiary/aromatic N) is 1. The Morgan fingerprint density at radius 1 is 1.24 bits per heavy atom. The van der Waals surface area contributed by atoms with Gasteiger partial charge in [0.15, 0.2) is 6.61 Å². The summed E-state index contributed by atoms with van der Waals surface area (Å²) in [5, 5.41) is 12.3. The molecule has 2 heterocycles. The number of rotatable bonds is 2. The molecule has 132 valence electrons. The zero-order chi connectivity index (χ0) is 17.6. The van der Waals surface area contributed by atoms with Crippen molar-refractivity contribution in [2.75, 3.05) is 11.9 Å². The summed E-state index contributed by atoms with van der Waals surface area (Å²) in [7, 11) is 0. The van der Waals surface area contributed by atoms with E-state index in [1.807, 2.05) is 0 Å². The minimum atomic E-state index is -0.941. The lowest BCUT2D eigenvalue weighted by Gasteiger charge is -2.33. The van der Waals surface area contributed by atoms with Crippen LogP contribution in [-0.4, -0.2) is 46.5 Å². The number of benzene rings is 1. The van der Waals surface area contributed by atoms with Crippen LogP contribution in [0.1, 0.15) is 42.5 Å². The second-order valence-corrected chi connectivity index (χ2v) is 6.96. The van der Waals surface area contributed by atoms with Crippen LogP contribution in [0.5, 0.6) is 5.75 Å². The molecular weight excluding hydrogens is 324 g/mol. The Morgan fingerprint density at radius 3 is 2.84 bits per heavy atom. The van der Waals surface area contributed by atoms with Gasteiger partial charge in [0.1, 0.15) is 11.8 Å². The number of hydrogen-bond donors (Lipinski definition) is 2. The summed E-state index contributed by atoms with van der Waals surface area (Å²) in [4.78, 5) is 37.7. The number of carboxylic acid groups (broad SMARTS) is 1. The van der Waals surface area contributed by atoms with Gasteiger partial charge >= 0.3 is 5.97 Å². The van der Waals surface area contributed by atoms with E-state index >= 15 is 0 Å². The number of nitrogens with one attached hydrogen (secondary N) is 1. The fraction of sp³-hybridized carbons (Fsp3) is 0.500. The Hall–Kier alpha value is -2.57. The minimum Gasteiger partial charge on any atom is -0.482 e. The summed E-state index contributed by atoms with van der Waals surface area (Å²) in [5.74, 6) is -0.736. The second-order valence-electron chi connectivity index (χ2n) is 6.96. The molecule has 2 aliphatic heterocycles. The average molecular weight is 344 g/mol. The number of hydrogen-bond acceptors (Lipinski definition) is 4. The average Bonchev–Trinajstić information content (AvgIpc) is 3.00. The third kappa shape index (κ3) is 2.73. The number of carboxylic acids is 1. The van der Waals surface area contributed by atoms with Gasteiger partial charge in [-0.25, -0.2) is 4.79 Å². The van der Waals surface area contributed by atoms with Gasteiger partial charge < -0.3 is 20.1 Å². The van der Waals surface area contributed by atoms with Gasteiger partial charge in [-0.2, -0.15) is 0 Å². The highest BCUT2D eigenvalue weighted by Gasteiger charge is 2.47. The predicted octanol–water partition coefficient (Wildman–Crippen LogP) is 1.88. The van der Waals surface area contributed by atoms with Crippen LogP contribution >= 0.6 is 0 Å². The van der Waals surface area contributed by atoms with Gasteiger partial charge in [0, 0.05) is 11.6 Å². The Kier molecular flexibility index (Phi) is 3.86. The SMILES string of the molecule is O=C1COc2cc(C(=O)N3[C@@H]4CCCC[C@@H]4C[C@H]3C(=O)O)ccc2N1. The zero-order valence-corrected chi connectivity index (χ0v) is 13.7. The van der Waals surface area contributed by atoms with E-state index in [4.69, 9.17) is 4.74 Å². The maximum absolute atomic E-state index is 13.1. The highest BCUT2D eigenvalue weighted by Crippen LogP contribution is 2.41. The monoisotopic (exact) mass is 344 g/mol. The van der Waals surface area contributed by atoms with Crippen molar-refractivity contribution in [3.05, 3.63) is 23.8 Å². The largest absolute Gasteiger partial charge is 0.482 e. The van der Waals surface area contributed by atoms with Crippen molar-refractivity contribution >= 4 is 23.5 Å². The molecule has 25 heavy (non-hydrogen) atoms. The number of carbonyl (C=O) groups excluding carboxylic acids is 2. The number of carbonyl (C=O) groups is 3. The van der Waals surface area contributed by atoms with Crippen molar-refractivity contribution in [1.29, 1.82) is 0 Å². The number of likely N-dealkylation sites (tertiary alicyclic amines) is 1. The molecule has 1 saturated carbocycles. The number of anilines is 1. The van der Waals surface area contributed by atoms with Gasteiger partial charge in [-0.1, -0.05) is 12.8 Å². The fourth-order valence-corrected chi connectivity index (χ4v) is 4.33. The highest BCUT2D eigenvalue weighted by atomic mass is 16.5. The predicted molar refractivity (Wildman–Crippen MR) is 88.5 cm³/mol. The van der Waals surface area contributed by atoms with E-state index in [2.05, 4.69) is 5.32 Å². The number of amides is 2. The normalized spacial score (nSPS) is 27.8. The molecule has 2 fully saturated rings. The molecule has 2 N–H and O–H groups in total. The molecule has 0 aromatic heterocycles. The molecule has 2 amide bonds. The molecule has 1 aromatic rings. The molecule has 1 aliphatic carbocycles. The van der Waals surface area contributed by atoms with Crippen molar-refractivity contribution in [1.82, 2.24) is 4.90 Å². The molecule has 4 rings (SSSR count). The molecule has 7 nitrogen and oxygen atoms in total. The first-order valence-electron chi connectivity index (χ1n) is 8.67. The summed E-state index contributed by atoms with van der Waals surface area (Å²) in [5.41, 5.74) is 0.923. The van der Waals surface area contributed by atoms with E-state index in [1.165, 1.54) is 0 Å². The molecule has 3 atom stereocenters. The number of fused-ring (bicyclic) bond motifs is 2. The van der Waals surface area contributed by atoms with Gasteiger partial charge in [-0.05, 0) is 43.4 Å². The summed E-state index contributed by atoms with van der Waals surface area (Å²) in [6.45, 7) is -0.0865. The maximum atomic E-state index is 13.1. The molecule has 3 aliphatic rings. The number of ether oxygens (including phenoxy) is 1. The first-order valence-corrected chi connectivity index (χ1v) is 8.67. The highest BCUT2D eigenvalue weighted by molar-refractivity contribution is 6.00. The first-order chi connectivity index (χ1) is 12.0. The third-order valence-electron chi connectivity index (χ3n) is 5.47. The maximum Gasteiger partial charge on any atom is 0.326 e. The zero-order valence-electron chi connectivity index (χ0n) is 13.7. The second kappa shape index (κ2) is 6.06. The van der Waals surface area contributed by atoms with Crippen LogP contribution in [0.25, 0.3) is 0 Å². The summed E-state index contributed by atoms with van der Waals surface area (Å²) in [6, 6.07) is 4.07. The lowest BCUT2D eigenvalue weighted by molar-refractivity contribution is -0.141. The molecule has 7 heteroatoms. The minimum absolute atomic E-state index is 0.000923. The van der Waals surface area contributed by atoms with Crippen LogP contribution in [-0.2, 0) is 9.59 Å². The first kappa shape index (κ1) is 15.9. The Morgan fingerprint density at radius 2 is 2.04 bits per heavy atom. The van der Waals surface area contributed by atoms with Crippen molar-refractivity contribution in [2.24, 2.45) is 5.92 Å². The molecule has 1 saturated heterocycles. The Balaban J connectivity index is 1.64. The lowest BCUT2D eigenvalue weighted by Crippen LogP contribution is -2.46. The van der Waals surface area contributed by atoms with Gasteiger partial charge in [-0.3, -0.25) is 9.59 Å². The molecule has 0 radical (unpaired) electrons. The quantitative estimate of drug-likeness (QED) is 0.854. The topological polar surface area (TPSA) is 95.9 Å². The summed E-state index contributed by atoms with van der Waals surface area (Å²) >= 11 is 0. The van der Waals surface area contributed by atoms with E-state index in [0.29, 0.717) is 23.4 Å². The van der Waals surface area contributed by atoms with Gasteiger partial charge in [0.05, 0.1) is 5.69 Å². The van der Waals surface area contributed by atoms with E-state index < -0.39 is 12.0 Å². The Labute approximate surface area is 144 Å². The smallest absolute Gasteiger partial charge is 0.326 e. The van der Waals surface area contributed by atoms with Crippen LogP contribution in [0.4, 0.5) is 5.69 Å². The van der Waals surface area contributed by atoms with E-state index in [0.717, 1.165) is 25.7 Å². The third-order valence-corrected chi connectivity index (χ3v) is 5.47. The van der Waals surface area contributed by atoms with Crippen LogP contribution in [0.15, 0.2) is 18.2 Å². The van der Waals surface area contributed by atoms with Crippen molar-refractivity contribution in [3.8, 4) is 5.75 Å². The molecule has 0 unspecified atom stereocenters. The van der Waals surface area contributed by atoms with Crippen LogP contribution < -0.4 is 10.1 Å². The van der Waals surface area contributed by atoms with Crippen molar-refractivity contribution in [2.45, 2.75) is 44.2 Å². The lowest BCUT2D eigenvalue weighted by atomic mass is 9.84. The molecule has 0 spiro atoms. The van der Waals surface area contributed by atoms with Gasteiger partial charge in [0.2, 0.25) is 0 Å². The van der Waals surface area contributed by atoms with Gasteiger partial charge in [-0.15, -0.1) is 0 Å². The van der Waals surface area contributed by atoms with Crippen LogP contribution in [0, 0.1) is 5.92 Å². The fourth-order valence-electron chi connectivity index (χ4n) is 4.33. The summed E-state index contributed by atoms with van der Waals surface area (Å²) < 4.78 is 5.37. The standard InChI is InChI=1S/C18H20N2O5/c21-16-9-25-15-8-11(5-6-12(15)19-16)17(22)20-13-4-2-1-3-10(13)7-14(20)18(23)24/h5-6,8,10,13-14H,1-4,7,9H2,(H,19,21)(H,23,24)/t10-,13-,14+/m1/s1. The van der Waals surface area contributed by atoms with Crippen molar-refractivity contribution in [3.63, 3.8) is 0 Å². The molecule has 1 aromatic carbocycles. The summed E-state index contributed by atoms with van der Waals surface area (Å²) in [6.07, 6.45) is 4.50. The van der Waals surface area contributed by atoms with Gasteiger partial charge in [0.25, 0.3) is 11.8 Å². The van der Waals surface area contributed by atoms with E-state index in [9.17, 15) is 19.5 Å². The van der Waals surface area contributed by atoms with E-state index in [1.54, 1.807) is 23.1 Å². The van der Waals surface area contributed by atoms with Crippen LogP contribution in [0.2, 0.25) is 0 Å². The Bertz CT molecular complexity index is 747. The van der Waals surface area contributed by atoms with E-state index in [-0.39, 0.29) is 30.4 Å². The molecular formula is C18H20N2O5. The van der Waals surface area contributed by atoms with Crippen molar-refractivity contribution < 1.29 is 24.2 Å².